The Balaban J connectivity index is 1.72. The van der Waals surface area contributed by atoms with Gasteiger partial charge in [0.25, 0.3) is 0 Å². The predicted octanol–water partition coefficient (Wildman–Crippen LogP) is 0.709. The van der Waals surface area contributed by atoms with Gasteiger partial charge in [0.1, 0.15) is 0 Å². The van der Waals surface area contributed by atoms with Gasteiger partial charge in [-0.25, -0.2) is 0 Å². The molecule has 0 aromatic heterocycles. The van der Waals surface area contributed by atoms with Crippen molar-refractivity contribution in [2.45, 2.75) is 12.8 Å². The number of nitrogens with zero attached hydrogens (tertiary/aromatic N) is 2. The van der Waals surface area contributed by atoms with E-state index in [0.29, 0.717) is 11.3 Å². The molecule has 2 rings (SSSR count). The van der Waals surface area contributed by atoms with E-state index in [9.17, 15) is 9.59 Å². The average Bonchev–Trinajstić information content (AvgIpc) is 3.05. The predicted molar refractivity (Wildman–Crippen MR) is 78.5 cm³/mol. The zero-order valence-electron chi connectivity index (χ0n) is 11.8. The quantitative estimate of drug-likeness (QED) is 0.834. The third-order valence-electron chi connectivity index (χ3n) is 3.34. The molecule has 1 saturated heterocycles. The average molecular weight is 286 g/mol. The normalized spacial score (nSPS) is 13.6. The van der Waals surface area contributed by atoms with Crippen LogP contribution < -0.4 is 10.6 Å². The number of carbonyl (C=O) groups is 2. The molecule has 1 aromatic rings. The minimum Gasteiger partial charge on any atom is -0.376 e. The summed E-state index contributed by atoms with van der Waals surface area (Å²) in [4.78, 5) is 25.2. The first kappa shape index (κ1) is 14.9. The van der Waals surface area contributed by atoms with Crippen molar-refractivity contribution in [3.8, 4) is 6.07 Å². The van der Waals surface area contributed by atoms with Crippen LogP contribution in [0, 0.1) is 11.3 Å². The molecule has 110 valence electrons. The van der Waals surface area contributed by atoms with Crippen molar-refractivity contribution < 1.29 is 9.59 Å². The van der Waals surface area contributed by atoms with Crippen LogP contribution in [0.15, 0.2) is 24.3 Å². The van der Waals surface area contributed by atoms with Gasteiger partial charge in [-0.2, -0.15) is 5.26 Å². The van der Waals surface area contributed by atoms with Gasteiger partial charge in [-0.1, -0.05) is 6.07 Å². The highest BCUT2D eigenvalue weighted by molar-refractivity contribution is 5.86. The summed E-state index contributed by atoms with van der Waals surface area (Å²) in [6.45, 7) is 1.68. The van der Waals surface area contributed by atoms with Crippen LogP contribution in [-0.2, 0) is 9.59 Å². The Kier molecular flexibility index (Phi) is 5.16. The first-order valence-corrected chi connectivity index (χ1v) is 6.97. The minimum atomic E-state index is -0.245. The molecule has 21 heavy (non-hydrogen) atoms. The zero-order valence-corrected chi connectivity index (χ0v) is 11.8. The van der Waals surface area contributed by atoms with E-state index in [1.165, 1.54) is 0 Å². The molecule has 0 spiro atoms. The van der Waals surface area contributed by atoms with Gasteiger partial charge >= 0.3 is 0 Å². The monoisotopic (exact) mass is 286 g/mol. The van der Waals surface area contributed by atoms with Crippen LogP contribution in [0.4, 0.5) is 5.69 Å². The van der Waals surface area contributed by atoms with Crippen molar-refractivity contribution in [1.29, 1.82) is 5.26 Å². The Morgan fingerprint density at radius 2 is 2.00 bits per heavy atom. The van der Waals surface area contributed by atoms with Gasteiger partial charge in [0.15, 0.2) is 0 Å². The van der Waals surface area contributed by atoms with Crippen LogP contribution in [0.25, 0.3) is 0 Å². The largest absolute Gasteiger partial charge is 0.376 e. The molecule has 1 heterocycles. The number of nitrogens with one attached hydrogen (secondary N) is 2. The van der Waals surface area contributed by atoms with Crippen molar-refractivity contribution in [3.05, 3.63) is 29.8 Å². The second-order valence-corrected chi connectivity index (χ2v) is 4.91. The Morgan fingerprint density at radius 1 is 1.24 bits per heavy atom. The number of amides is 2. The lowest BCUT2D eigenvalue weighted by molar-refractivity contribution is -0.131. The zero-order chi connectivity index (χ0) is 15.1. The molecule has 2 amide bonds. The third kappa shape index (κ3) is 4.49. The van der Waals surface area contributed by atoms with Crippen LogP contribution in [0.5, 0.6) is 0 Å². The van der Waals surface area contributed by atoms with Gasteiger partial charge in [0.05, 0.1) is 24.7 Å². The van der Waals surface area contributed by atoms with Gasteiger partial charge in [-0.3, -0.25) is 9.59 Å². The van der Waals surface area contributed by atoms with E-state index in [4.69, 9.17) is 5.26 Å². The van der Waals surface area contributed by atoms with E-state index < -0.39 is 0 Å². The Bertz CT molecular complexity index is 559. The molecule has 1 aromatic carbocycles. The molecule has 0 radical (unpaired) electrons. The lowest BCUT2D eigenvalue weighted by Crippen LogP contribution is -2.40. The van der Waals surface area contributed by atoms with Crippen molar-refractivity contribution in [1.82, 2.24) is 10.2 Å². The molecule has 1 aliphatic rings. The smallest absolute Gasteiger partial charge is 0.241 e. The number of benzene rings is 1. The maximum Gasteiger partial charge on any atom is 0.241 e. The molecule has 0 bridgehead atoms. The van der Waals surface area contributed by atoms with Crippen LogP contribution in [0.1, 0.15) is 18.4 Å². The van der Waals surface area contributed by atoms with E-state index in [0.717, 1.165) is 25.9 Å². The van der Waals surface area contributed by atoms with E-state index in [-0.39, 0.29) is 24.9 Å². The maximum atomic E-state index is 11.8. The highest BCUT2D eigenvalue weighted by Gasteiger charge is 2.17. The summed E-state index contributed by atoms with van der Waals surface area (Å²) in [6.07, 6.45) is 2.08. The summed E-state index contributed by atoms with van der Waals surface area (Å²) in [5, 5.41) is 14.3. The van der Waals surface area contributed by atoms with E-state index in [2.05, 4.69) is 10.6 Å². The number of likely N-dealkylation sites (tertiary alicyclic amines) is 1. The first-order chi connectivity index (χ1) is 10.2. The molecular formula is C15H18N4O2. The molecule has 2 N–H and O–H groups in total. The number of anilines is 1. The number of hydrogen-bond donors (Lipinski definition) is 2. The van der Waals surface area contributed by atoms with Crippen LogP contribution in [-0.4, -0.2) is 42.9 Å². The summed E-state index contributed by atoms with van der Waals surface area (Å²) >= 11 is 0. The summed E-state index contributed by atoms with van der Waals surface area (Å²) in [7, 11) is 0. The molecule has 0 atom stereocenters. The number of carbonyl (C=O) groups excluding carboxylic acids is 2. The summed E-state index contributed by atoms with van der Waals surface area (Å²) < 4.78 is 0. The highest BCUT2D eigenvalue weighted by atomic mass is 16.2. The Labute approximate surface area is 123 Å². The lowest BCUT2D eigenvalue weighted by Gasteiger charge is -2.15. The standard InChI is InChI=1S/C15H18N4O2/c16-9-12-4-3-5-13(8-12)17-10-14(20)18-11-15(21)19-6-1-2-7-19/h3-5,8,17H,1-2,6-7,10-11H2,(H,18,20). The van der Waals surface area contributed by atoms with E-state index >= 15 is 0 Å². The van der Waals surface area contributed by atoms with Gasteiger partial charge in [0, 0.05) is 18.8 Å². The highest BCUT2D eigenvalue weighted by Crippen LogP contribution is 2.09. The van der Waals surface area contributed by atoms with Crippen LogP contribution in [0.3, 0.4) is 0 Å². The fraction of sp³-hybridized carbons (Fsp3) is 0.400. The third-order valence-corrected chi connectivity index (χ3v) is 3.34. The maximum absolute atomic E-state index is 11.8. The minimum absolute atomic E-state index is 0.0349. The second-order valence-electron chi connectivity index (χ2n) is 4.91. The molecule has 1 aliphatic heterocycles. The van der Waals surface area contributed by atoms with Gasteiger partial charge in [0.2, 0.25) is 11.8 Å². The van der Waals surface area contributed by atoms with Crippen molar-refractivity contribution in [3.63, 3.8) is 0 Å². The first-order valence-electron chi connectivity index (χ1n) is 6.97. The molecular weight excluding hydrogens is 268 g/mol. The molecule has 6 nitrogen and oxygen atoms in total. The second kappa shape index (κ2) is 7.29. The van der Waals surface area contributed by atoms with Crippen molar-refractivity contribution in [2.24, 2.45) is 0 Å². The number of nitriles is 1. The molecule has 0 aliphatic carbocycles. The molecule has 1 fully saturated rings. The Morgan fingerprint density at radius 3 is 2.71 bits per heavy atom. The number of rotatable bonds is 5. The van der Waals surface area contributed by atoms with Crippen LogP contribution >= 0.6 is 0 Å². The summed E-state index contributed by atoms with van der Waals surface area (Å²) in [5.74, 6) is -0.280. The molecule has 0 saturated carbocycles. The Hall–Kier alpha value is -2.55. The fourth-order valence-electron chi connectivity index (χ4n) is 2.20. The fourth-order valence-corrected chi connectivity index (χ4v) is 2.20. The molecule has 6 heteroatoms. The number of hydrogen-bond acceptors (Lipinski definition) is 4. The van der Waals surface area contributed by atoms with Crippen molar-refractivity contribution in [2.75, 3.05) is 31.5 Å². The van der Waals surface area contributed by atoms with Crippen LogP contribution in [0.2, 0.25) is 0 Å². The van der Waals surface area contributed by atoms with Crippen molar-refractivity contribution >= 4 is 17.5 Å². The molecule has 0 unspecified atom stereocenters. The van der Waals surface area contributed by atoms with E-state index in [1.54, 1.807) is 29.2 Å². The van der Waals surface area contributed by atoms with Gasteiger partial charge < -0.3 is 15.5 Å². The summed E-state index contributed by atoms with van der Waals surface area (Å²) in [5.41, 5.74) is 1.24. The lowest BCUT2D eigenvalue weighted by atomic mass is 10.2. The SMILES string of the molecule is N#Cc1cccc(NCC(=O)NCC(=O)N2CCCC2)c1. The van der Waals surface area contributed by atoms with Gasteiger partial charge in [-0.15, -0.1) is 0 Å². The topological polar surface area (TPSA) is 85.2 Å². The van der Waals surface area contributed by atoms with Gasteiger partial charge in [-0.05, 0) is 31.0 Å². The van der Waals surface area contributed by atoms with E-state index in [1.807, 2.05) is 6.07 Å². The summed E-state index contributed by atoms with van der Waals surface area (Å²) in [6, 6.07) is 8.93.